The zero-order valence-corrected chi connectivity index (χ0v) is 11.0. The maximum Gasteiger partial charge on any atom is 0.277 e. The highest BCUT2D eigenvalue weighted by Gasteiger charge is 2.16. The molecule has 1 aromatic heterocycles. The lowest BCUT2D eigenvalue weighted by Gasteiger charge is -2.10. The molecule has 90 valence electrons. The van der Waals surface area contributed by atoms with E-state index in [1.807, 2.05) is 12.1 Å². The second-order valence-corrected chi connectivity index (χ2v) is 5.31. The van der Waals surface area contributed by atoms with Crippen molar-refractivity contribution >= 4 is 44.6 Å². The van der Waals surface area contributed by atoms with Crippen molar-refractivity contribution in [2.45, 2.75) is 0 Å². The van der Waals surface area contributed by atoms with Crippen molar-refractivity contribution in [3.63, 3.8) is 0 Å². The number of hydrogen-bond donors (Lipinski definition) is 2. The normalized spacial score (nSPS) is 11.1. The van der Waals surface area contributed by atoms with Crippen molar-refractivity contribution in [2.24, 2.45) is 0 Å². The first kappa shape index (κ1) is 12.2. The Morgan fingerprint density at radius 3 is 2.82 bits per heavy atom. The van der Waals surface area contributed by atoms with Crippen LogP contribution >= 0.6 is 22.9 Å². The fourth-order valence-corrected chi connectivity index (χ4v) is 2.80. The predicted octanol–water partition coefficient (Wildman–Crippen LogP) is 2.34. The van der Waals surface area contributed by atoms with E-state index in [9.17, 15) is 4.79 Å². The number of anilines is 1. The van der Waals surface area contributed by atoms with E-state index in [1.165, 1.54) is 11.3 Å². The monoisotopic (exact) mass is 269 g/mol. The summed E-state index contributed by atoms with van der Waals surface area (Å²) in [7, 11) is 3.50. The van der Waals surface area contributed by atoms with Gasteiger partial charge in [0.1, 0.15) is 4.88 Å². The fourth-order valence-electron chi connectivity index (χ4n) is 1.51. The van der Waals surface area contributed by atoms with Gasteiger partial charge in [-0.1, -0.05) is 11.6 Å². The van der Waals surface area contributed by atoms with Crippen molar-refractivity contribution in [1.29, 1.82) is 0 Å². The van der Waals surface area contributed by atoms with Gasteiger partial charge in [0.15, 0.2) is 0 Å². The lowest BCUT2D eigenvalue weighted by atomic mass is 10.2. The molecule has 0 radical (unpaired) electrons. The molecule has 17 heavy (non-hydrogen) atoms. The summed E-state index contributed by atoms with van der Waals surface area (Å²) in [6.07, 6.45) is 0. The van der Waals surface area contributed by atoms with Gasteiger partial charge in [0.25, 0.3) is 5.91 Å². The first-order chi connectivity index (χ1) is 7.99. The molecular weight excluding hydrogens is 258 g/mol. The zero-order valence-electron chi connectivity index (χ0n) is 9.45. The van der Waals surface area contributed by atoms with E-state index < -0.39 is 0 Å². The SMILES string of the molecule is CN(C)NC(=O)c1sc2cc(Cl)ccc2c1N. The van der Waals surface area contributed by atoms with Crippen LogP contribution < -0.4 is 11.2 Å². The second kappa shape index (κ2) is 4.52. The van der Waals surface area contributed by atoms with Crippen molar-refractivity contribution in [3.05, 3.63) is 28.1 Å². The van der Waals surface area contributed by atoms with Gasteiger partial charge < -0.3 is 5.73 Å². The lowest BCUT2D eigenvalue weighted by Crippen LogP contribution is -2.35. The van der Waals surface area contributed by atoms with Crippen LogP contribution in [0.15, 0.2) is 18.2 Å². The van der Waals surface area contributed by atoms with Gasteiger partial charge in [-0.3, -0.25) is 10.2 Å². The number of nitrogens with zero attached hydrogens (tertiary/aromatic N) is 1. The summed E-state index contributed by atoms with van der Waals surface area (Å²) in [4.78, 5) is 12.4. The smallest absolute Gasteiger partial charge is 0.277 e. The van der Waals surface area contributed by atoms with Crippen LogP contribution in [-0.4, -0.2) is 25.0 Å². The number of rotatable bonds is 2. The average molecular weight is 270 g/mol. The van der Waals surface area contributed by atoms with Crippen LogP contribution in [-0.2, 0) is 0 Å². The molecule has 0 aliphatic heterocycles. The molecule has 2 rings (SSSR count). The van der Waals surface area contributed by atoms with E-state index in [2.05, 4.69) is 5.43 Å². The van der Waals surface area contributed by atoms with Crippen molar-refractivity contribution in [3.8, 4) is 0 Å². The molecule has 0 bridgehead atoms. The van der Waals surface area contributed by atoms with Gasteiger partial charge in [0, 0.05) is 29.2 Å². The third-order valence-corrected chi connectivity index (χ3v) is 3.62. The highest BCUT2D eigenvalue weighted by atomic mass is 35.5. The van der Waals surface area contributed by atoms with Crippen molar-refractivity contribution in [2.75, 3.05) is 19.8 Å². The van der Waals surface area contributed by atoms with E-state index in [4.69, 9.17) is 17.3 Å². The Bertz CT molecular complexity index is 579. The molecule has 0 spiro atoms. The Morgan fingerprint density at radius 1 is 1.47 bits per heavy atom. The summed E-state index contributed by atoms with van der Waals surface area (Å²) in [6, 6.07) is 5.40. The molecule has 0 aliphatic carbocycles. The number of amides is 1. The maximum absolute atomic E-state index is 11.9. The Hall–Kier alpha value is -1.30. The van der Waals surface area contributed by atoms with Crippen molar-refractivity contribution < 1.29 is 4.79 Å². The van der Waals surface area contributed by atoms with E-state index in [0.717, 1.165) is 10.1 Å². The molecule has 6 heteroatoms. The van der Waals surface area contributed by atoms with Gasteiger partial charge >= 0.3 is 0 Å². The molecule has 0 saturated carbocycles. The van der Waals surface area contributed by atoms with Gasteiger partial charge in [-0.05, 0) is 18.2 Å². The van der Waals surface area contributed by atoms with E-state index in [0.29, 0.717) is 15.6 Å². The van der Waals surface area contributed by atoms with Gasteiger partial charge in [0.2, 0.25) is 0 Å². The fraction of sp³-hybridized carbons (Fsp3) is 0.182. The molecule has 2 aromatic rings. The second-order valence-electron chi connectivity index (χ2n) is 3.82. The Labute approximate surface area is 108 Å². The van der Waals surface area contributed by atoms with Crippen LogP contribution in [0.5, 0.6) is 0 Å². The number of benzene rings is 1. The number of hydrazine groups is 1. The Morgan fingerprint density at radius 2 is 2.18 bits per heavy atom. The highest BCUT2D eigenvalue weighted by Crippen LogP contribution is 2.35. The van der Waals surface area contributed by atoms with Crippen LogP contribution in [0.3, 0.4) is 0 Å². The number of nitrogens with one attached hydrogen (secondary N) is 1. The molecular formula is C11H12ClN3OS. The van der Waals surface area contributed by atoms with Crippen LogP contribution in [0.1, 0.15) is 9.67 Å². The number of hydrogen-bond acceptors (Lipinski definition) is 4. The van der Waals surface area contributed by atoms with Gasteiger partial charge in [-0.15, -0.1) is 11.3 Å². The van der Waals surface area contributed by atoms with Crippen LogP contribution in [0.2, 0.25) is 5.02 Å². The Balaban J connectivity index is 2.48. The third-order valence-electron chi connectivity index (χ3n) is 2.22. The Kier molecular flexibility index (Phi) is 3.24. The minimum Gasteiger partial charge on any atom is -0.397 e. The molecule has 1 amide bonds. The van der Waals surface area contributed by atoms with Crippen molar-refractivity contribution in [1.82, 2.24) is 10.4 Å². The molecule has 1 heterocycles. The summed E-state index contributed by atoms with van der Waals surface area (Å²) in [6.45, 7) is 0. The topological polar surface area (TPSA) is 58.4 Å². The maximum atomic E-state index is 11.9. The van der Waals surface area contributed by atoms with Crippen LogP contribution in [0.4, 0.5) is 5.69 Å². The summed E-state index contributed by atoms with van der Waals surface area (Å²) in [5, 5.41) is 3.08. The van der Waals surface area contributed by atoms with E-state index >= 15 is 0 Å². The third kappa shape index (κ3) is 2.36. The molecule has 0 saturated heterocycles. The molecule has 0 aliphatic rings. The minimum absolute atomic E-state index is 0.204. The number of nitrogens with two attached hydrogens (primary N) is 1. The summed E-state index contributed by atoms with van der Waals surface area (Å²) in [5.74, 6) is -0.204. The largest absolute Gasteiger partial charge is 0.397 e. The number of nitrogen functional groups attached to an aromatic ring is 1. The minimum atomic E-state index is -0.204. The highest BCUT2D eigenvalue weighted by molar-refractivity contribution is 7.21. The average Bonchev–Trinajstić information content (AvgIpc) is 2.54. The standard InChI is InChI=1S/C11H12ClN3OS/c1-15(2)14-11(16)10-9(13)7-4-3-6(12)5-8(7)17-10/h3-5H,13H2,1-2H3,(H,14,16). The lowest BCUT2D eigenvalue weighted by molar-refractivity contribution is 0.0862. The summed E-state index contributed by atoms with van der Waals surface area (Å²) in [5.41, 5.74) is 9.12. The predicted molar refractivity (Wildman–Crippen MR) is 72.4 cm³/mol. The number of thiophene rings is 1. The molecule has 1 aromatic carbocycles. The quantitative estimate of drug-likeness (QED) is 0.823. The molecule has 0 atom stereocenters. The molecule has 0 unspecified atom stereocenters. The number of halogens is 1. The first-order valence-corrected chi connectivity index (χ1v) is 6.14. The summed E-state index contributed by atoms with van der Waals surface area (Å²) < 4.78 is 0.916. The van der Waals surface area contributed by atoms with E-state index in [-0.39, 0.29) is 5.91 Å². The molecule has 4 nitrogen and oxygen atoms in total. The van der Waals surface area contributed by atoms with Gasteiger partial charge in [-0.2, -0.15) is 0 Å². The number of carbonyl (C=O) groups excluding carboxylic acids is 1. The number of carbonyl (C=O) groups is 1. The molecule has 0 fully saturated rings. The van der Waals surface area contributed by atoms with Crippen LogP contribution in [0, 0.1) is 0 Å². The summed E-state index contributed by atoms with van der Waals surface area (Å²) >= 11 is 7.24. The number of fused-ring (bicyclic) bond motifs is 1. The van der Waals surface area contributed by atoms with Crippen LogP contribution in [0.25, 0.3) is 10.1 Å². The van der Waals surface area contributed by atoms with Gasteiger partial charge in [0.05, 0.1) is 5.69 Å². The van der Waals surface area contributed by atoms with E-state index in [1.54, 1.807) is 25.2 Å². The molecule has 3 N–H and O–H groups in total. The zero-order chi connectivity index (χ0) is 12.6. The van der Waals surface area contributed by atoms with Gasteiger partial charge in [-0.25, -0.2) is 5.01 Å². The first-order valence-electron chi connectivity index (χ1n) is 4.95.